The Morgan fingerprint density at radius 1 is 1.12 bits per heavy atom. The van der Waals surface area contributed by atoms with Gasteiger partial charge >= 0.3 is 5.97 Å². The van der Waals surface area contributed by atoms with E-state index in [9.17, 15) is 19.5 Å². The lowest BCUT2D eigenvalue weighted by molar-refractivity contribution is -0.121. The summed E-state index contributed by atoms with van der Waals surface area (Å²) in [5.41, 5.74) is 2.55. The number of amides is 1. The van der Waals surface area contributed by atoms with Gasteiger partial charge in [-0.05, 0) is 54.7 Å². The predicted molar refractivity (Wildman–Crippen MR) is 121 cm³/mol. The molecule has 1 aliphatic heterocycles. The number of hydrogen-bond acceptors (Lipinski definition) is 4. The molecule has 0 saturated heterocycles. The SMILES string of the molecule is CCOc1ccc(C2CC(=O)N(c3cccc(C(=O)O)c3)C3=C2C(=O)CC(C)(C)C3)cc1. The van der Waals surface area contributed by atoms with E-state index < -0.39 is 5.97 Å². The Hall–Kier alpha value is -3.41. The lowest BCUT2D eigenvalue weighted by Gasteiger charge is -2.43. The third-order valence-corrected chi connectivity index (χ3v) is 6.09. The fourth-order valence-corrected chi connectivity index (χ4v) is 4.74. The van der Waals surface area contributed by atoms with Gasteiger partial charge in [-0.3, -0.25) is 14.5 Å². The van der Waals surface area contributed by atoms with E-state index in [1.54, 1.807) is 17.0 Å². The average Bonchev–Trinajstić information content (AvgIpc) is 2.73. The molecule has 1 amide bonds. The van der Waals surface area contributed by atoms with E-state index in [1.807, 2.05) is 45.0 Å². The molecule has 1 heterocycles. The van der Waals surface area contributed by atoms with Gasteiger partial charge < -0.3 is 9.84 Å². The van der Waals surface area contributed by atoms with Crippen molar-refractivity contribution >= 4 is 23.3 Å². The highest BCUT2D eigenvalue weighted by Crippen LogP contribution is 2.48. The highest BCUT2D eigenvalue weighted by molar-refractivity contribution is 6.08. The zero-order chi connectivity index (χ0) is 23.0. The molecule has 32 heavy (non-hydrogen) atoms. The Morgan fingerprint density at radius 2 is 1.84 bits per heavy atom. The molecule has 2 aromatic rings. The summed E-state index contributed by atoms with van der Waals surface area (Å²) in [6, 6.07) is 13.9. The van der Waals surface area contributed by atoms with Crippen LogP contribution < -0.4 is 9.64 Å². The lowest BCUT2D eigenvalue weighted by atomic mass is 9.69. The Kier molecular flexibility index (Phi) is 5.63. The number of ketones is 1. The van der Waals surface area contributed by atoms with Gasteiger partial charge in [0.25, 0.3) is 0 Å². The second-order valence-corrected chi connectivity index (χ2v) is 9.14. The van der Waals surface area contributed by atoms with Crippen LogP contribution >= 0.6 is 0 Å². The Bertz CT molecular complexity index is 1110. The lowest BCUT2D eigenvalue weighted by Crippen LogP contribution is -2.43. The van der Waals surface area contributed by atoms with E-state index in [1.165, 1.54) is 12.1 Å². The number of carboxylic acids is 1. The molecule has 1 unspecified atom stereocenters. The molecule has 0 spiro atoms. The van der Waals surface area contributed by atoms with E-state index in [0.29, 0.717) is 36.4 Å². The van der Waals surface area contributed by atoms with Crippen LogP contribution in [0.25, 0.3) is 0 Å². The molecular weight excluding hydrogens is 406 g/mol. The maximum Gasteiger partial charge on any atom is 0.335 e. The van der Waals surface area contributed by atoms with Crippen LogP contribution in [0, 0.1) is 5.41 Å². The number of rotatable bonds is 5. The maximum atomic E-state index is 13.4. The third kappa shape index (κ3) is 4.05. The number of nitrogens with zero attached hydrogens (tertiary/aromatic N) is 1. The number of anilines is 1. The molecule has 4 rings (SSSR count). The number of carbonyl (C=O) groups excluding carboxylic acids is 2. The van der Waals surface area contributed by atoms with E-state index in [4.69, 9.17) is 4.74 Å². The van der Waals surface area contributed by atoms with Gasteiger partial charge in [-0.2, -0.15) is 0 Å². The molecule has 0 aromatic heterocycles. The van der Waals surface area contributed by atoms with Crippen molar-refractivity contribution < 1.29 is 24.2 Å². The Balaban J connectivity index is 1.84. The van der Waals surface area contributed by atoms with Gasteiger partial charge in [-0.1, -0.05) is 32.0 Å². The number of carbonyl (C=O) groups is 3. The van der Waals surface area contributed by atoms with E-state index >= 15 is 0 Å². The monoisotopic (exact) mass is 433 g/mol. The van der Waals surface area contributed by atoms with Crippen molar-refractivity contribution in [2.45, 2.75) is 46.0 Å². The molecular formula is C26H27NO5. The van der Waals surface area contributed by atoms with Gasteiger partial charge in [-0.15, -0.1) is 0 Å². The Morgan fingerprint density at radius 3 is 2.50 bits per heavy atom. The van der Waals surface area contributed by atoms with E-state index in [2.05, 4.69) is 0 Å². The van der Waals surface area contributed by atoms with Crippen LogP contribution in [0.5, 0.6) is 5.75 Å². The van der Waals surface area contributed by atoms with Gasteiger partial charge in [0.15, 0.2) is 5.78 Å². The standard InChI is InChI=1S/C26H27NO5/c1-4-32-19-10-8-16(9-11-19)20-13-23(29)27(18-7-5-6-17(12-18)25(30)31)21-14-26(2,3)15-22(28)24(20)21/h5-12,20H,4,13-15H2,1-3H3,(H,30,31). The predicted octanol–water partition coefficient (Wildman–Crippen LogP) is 4.95. The zero-order valence-electron chi connectivity index (χ0n) is 18.6. The topological polar surface area (TPSA) is 83.9 Å². The number of benzene rings is 2. The first-order chi connectivity index (χ1) is 15.2. The molecule has 1 atom stereocenters. The fourth-order valence-electron chi connectivity index (χ4n) is 4.74. The summed E-state index contributed by atoms with van der Waals surface area (Å²) in [7, 11) is 0. The molecule has 1 N–H and O–H groups in total. The van der Waals surface area contributed by atoms with Crippen LogP contribution in [0.1, 0.15) is 61.9 Å². The van der Waals surface area contributed by atoms with Crippen molar-refractivity contribution in [3.63, 3.8) is 0 Å². The minimum Gasteiger partial charge on any atom is -0.494 e. The number of ether oxygens (including phenoxy) is 1. The van der Waals surface area contributed by atoms with Gasteiger partial charge in [-0.25, -0.2) is 4.79 Å². The van der Waals surface area contributed by atoms with Crippen LogP contribution in [0.15, 0.2) is 59.8 Å². The van der Waals surface area contributed by atoms with Crippen LogP contribution in [0.2, 0.25) is 0 Å². The van der Waals surface area contributed by atoms with Crippen LogP contribution in [-0.2, 0) is 9.59 Å². The molecule has 166 valence electrons. The molecule has 0 radical (unpaired) electrons. The van der Waals surface area contributed by atoms with Crippen molar-refractivity contribution in [2.24, 2.45) is 5.41 Å². The van der Waals surface area contributed by atoms with Gasteiger partial charge in [0.2, 0.25) is 5.91 Å². The van der Waals surface area contributed by atoms with Gasteiger partial charge in [0, 0.05) is 35.7 Å². The first-order valence-electron chi connectivity index (χ1n) is 10.9. The molecule has 0 bridgehead atoms. The summed E-state index contributed by atoms with van der Waals surface area (Å²) in [5, 5.41) is 9.40. The smallest absolute Gasteiger partial charge is 0.335 e. The second kappa shape index (κ2) is 8.26. The van der Waals surface area contributed by atoms with Crippen LogP contribution in [-0.4, -0.2) is 29.4 Å². The van der Waals surface area contributed by atoms with Crippen molar-refractivity contribution in [3.8, 4) is 5.75 Å². The highest BCUT2D eigenvalue weighted by Gasteiger charge is 2.44. The number of Topliss-reactive ketones (excluding diaryl/α,β-unsaturated/α-hetero) is 1. The largest absolute Gasteiger partial charge is 0.494 e. The average molecular weight is 434 g/mol. The van der Waals surface area contributed by atoms with Crippen molar-refractivity contribution in [1.29, 1.82) is 0 Å². The van der Waals surface area contributed by atoms with Crippen molar-refractivity contribution in [3.05, 3.63) is 70.9 Å². The third-order valence-electron chi connectivity index (χ3n) is 6.09. The maximum absolute atomic E-state index is 13.4. The van der Waals surface area contributed by atoms with Gasteiger partial charge in [0.05, 0.1) is 12.2 Å². The molecule has 0 fully saturated rings. The molecule has 2 aliphatic rings. The van der Waals surface area contributed by atoms with Crippen LogP contribution in [0.3, 0.4) is 0 Å². The number of aromatic carboxylic acids is 1. The number of allylic oxidation sites excluding steroid dienone is 2. The molecule has 1 aliphatic carbocycles. The first-order valence-corrected chi connectivity index (χ1v) is 10.9. The molecule has 6 heteroatoms. The molecule has 0 saturated carbocycles. The summed E-state index contributed by atoms with van der Waals surface area (Å²) >= 11 is 0. The zero-order valence-corrected chi connectivity index (χ0v) is 18.6. The summed E-state index contributed by atoms with van der Waals surface area (Å²) in [5.74, 6) is -0.734. The molecule has 2 aromatic carbocycles. The van der Waals surface area contributed by atoms with Crippen LogP contribution in [0.4, 0.5) is 5.69 Å². The number of carboxylic acid groups (broad SMARTS) is 1. The summed E-state index contributed by atoms with van der Waals surface area (Å²) in [6.45, 7) is 6.52. The first kappa shape index (κ1) is 21.8. The van der Waals surface area contributed by atoms with E-state index in [-0.39, 0.29) is 35.0 Å². The fraction of sp³-hybridized carbons (Fsp3) is 0.346. The minimum absolute atomic E-state index is 0.0435. The quantitative estimate of drug-likeness (QED) is 0.721. The Labute approximate surface area is 187 Å². The number of hydrogen-bond donors (Lipinski definition) is 1. The molecule has 6 nitrogen and oxygen atoms in total. The minimum atomic E-state index is -1.06. The second-order valence-electron chi connectivity index (χ2n) is 9.14. The van der Waals surface area contributed by atoms with E-state index in [0.717, 1.165) is 11.3 Å². The normalized spacial score (nSPS) is 20.2. The summed E-state index contributed by atoms with van der Waals surface area (Å²) in [4.78, 5) is 39.8. The summed E-state index contributed by atoms with van der Waals surface area (Å²) in [6.07, 6.45) is 1.12. The highest BCUT2D eigenvalue weighted by atomic mass is 16.5. The van der Waals surface area contributed by atoms with Crippen molar-refractivity contribution in [1.82, 2.24) is 0 Å². The van der Waals surface area contributed by atoms with Gasteiger partial charge in [0.1, 0.15) is 5.75 Å². The van der Waals surface area contributed by atoms with Crippen molar-refractivity contribution in [2.75, 3.05) is 11.5 Å². The summed E-state index contributed by atoms with van der Waals surface area (Å²) < 4.78 is 5.53.